The van der Waals surface area contributed by atoms with Crippen molar-refractivity contribution in [2.75, 3.05) is 5.32 Å². The Hall–Kier alpha value is -3.75. The number of aryl methyl sites for hydroxylation is 3. The van der Waals surface area contributed by atoms with Crippen LogP contribution in [0.25, 0.3) is 16.7 Å². The molecule has 0 aromatic carbocycles. The Morgan fingerprint density at radius 1 is 1.28 bits per heavy atom. The zero-order valence-electron chi connectivity index (χ0n) is 16.3. The number of nitrogens with zero attached hydrogens (tertiary/aromatic N) is 4. The van der Waals surface area contributed by atoms with Gasteiger partial charge in [-0.3, -0.25) is 19.4 Å². The number of anilines is 1. The van der Waals surface area contributed by atoms with Gasteiger partial charge in [0.2, 0.25) is 0 Å². The van der Waals surface area contributed by atoms with E-state index in [1.165, 1.54) is 10.5 Å². The van der Waals surface area contributed by atoms with E-state index in [4.69, 9.17) is 9.93 Å². The number of hydrogen-bond donors (Lipinski definition) is 2. The maximum Gasteiger partial charge on any atom is 0.267 e. The fraction of sp³-hybridized carbons (Fsp3) is 0.250. The van der Waals surface area contributed by atoms with Crippen LogP contribution in [0, 0.1) is 19.3 Å². The molecule has 1 amide bonds. The van der Waals surface area contributed by atoms with Crippen LogP contribution in [0.15, 0.2) is 39.8 Å². The van der Waals surface area contributed by atoms with Gasteiger partial charge < -0.3 is 14.4 Å². The molecule has 4 rings (SSSR count). The summed E-state index contributed by atoms with van der Waals surface area (Å²) in [6, 6.07) is 6.66. The molecule has 4 aromatic rings. The van der Waals surface area contributed by atoms with Crippen molar-refractivity contribution < 1.29 is 9.32 Å². The molecular weight excluding hydrogens is 372 g/mol. The lowest BCUT2D eigenvalue weighted by molar-refractivity contribution is 0.102. The number of hydrogen-bond acceptors (Lipinski definition) is 6. The topological polar surface area (TPSA) is 118 Å². The number of carbonyl (C=O) groups excluding carboxylic acids is 1. The molecule has 0 unspecified atom stereocenters. The lowest BCUT2D eigenvalue weighted by atomic mass is 10.2. The molecule has 148 valence electrons. The summed E-state index contributed by atoms with van der Waals surface area (Å²) in [7, 11) is 0. The van der Waals surface area contributed by atoms with Crippen molar-refractivity contribution >= 4 is 28.4 Å². The third kappa shape index (κ3) is 3.10. The predicted octanol–water partition coefficient (Wildman–Crippen LogP) is 2.40. The van der Waals surface area contributed by atoms with E-state index < -0.39 is 5.91 Å². The lowest BCUT2D eigenvalue weighted by Gasteiger charge is -2.14. The minimum atomic E-state index is -0.538. The van der Waals surface area contributed by atoms with Crippen LogP contribution in [0.2, 0.25) is 0 Å². The zero-order valence-corrected chi connectivity index (χ0v) is 16.3. The van der Waals surface area contributed by atoms with E-state index >= 15 is 0 Å². The highest BCUT2D eigenvalue weighted by atomic mass is 16.5. The molecule has 0 bridgehead atoms. The van der Waals surface area contributed by atoms with Crippen LogP contribution in [-0.4, -0.2) is 25.0 Å². The third-order valence-electron chi connectivity index (χ3n) is 4.69. The zero-order chi connectivity index (χ0) is 20.7. The van der Waals surface area contributed by atoms with Crippen molar-refractivity contribution in [3.63, 3.8) is 0 Å². The molecule has 2 N–H and O–H groups in total. The fourth-order valence-electron chi connectivity index (χ4n) is 3.32. The highest BCUT2D eigenvalue weighted by Crippen LogP contribution is 2.14. The third-order valence-corrected chi connectivity index (χ3v) is 4.69. The molecule has 0 radical (unpaired) electrons. The van der Waals surface area contributed by atoms with Crippen molar-refractivity contribution in [1.82, 2.24) is 19.1 Å². The summed E-state index contributed by atoms with van der Waals surface area (Å²) in [4.78, 5) is 30.6. The number of carbonyl (C=O) groups is 1. The number of aromatic nitrogens is 4. The molecule has 0 saturated heterocycles. The first-order valence-corrected chi connectivity index (χ1v) is 9.25. The van der Waals surface area contributed by atoms with E-state index in [9.17, 15) is 9.59 Å². The Labute approximate surface area is 165 Å². The SMILES string of the molecule is CCCn1c(=N)c(C(=O)Nc2cc(C)on2)cc2c(=O)n3cccc(C)c3nc21. The van der Waals surface area contributed by atoms with Crippen LogP contribution in [0.3, 0.4) is 0 Å². The second-order valence-corrected chi connectivity index (χ2v) is 6.87. The Bertz CT molecular complexity index is 1380. The molecule has 4 aromatic heterocycles. The summed E-state index contributed by atoms with van der Waals surface area (Å²) in [6.45, 7) is 6.00. The van der Waals surface area contributed by atoms with Crippen LogP contribution >= 0.6 is 0 Å². The second-order valence-electron chi connectivity index (χ2n) is 6.87. The van der Waals surface area contributed by atoms with Crippen molar-refractivity contribution in [1.29, 1.82) is 5.41 Å². The van der Waals surface area contributed by atoms with E-state index in [0.717, 1.165) is 5.56 Å². The summed E-state index contributed by atoms with van der Waals surface area (Å²) in [5.74, 6) is 0.261. The number of amides is 1. The van der Waals surface area contributed by atoms with Gasteiger partial charge >= 0.3 is 0 Å². The molecule has 0 saturated carbocycles. The minimum absolute atomic E-state index is 0.0121. The number of rotatable bonds is 4. The van der Waals surface area contributed by atoms with Gasteiger partial charge in [-0.1, -0.05) is 18.1 Å². The second kappa shape index (κ2) is 7.01. The smallest absolute Gasteiger partial charge is 0.267 e. The van der Waals surface area contributed by atoms with Crippen molar-refractivity contribution in [3.05, 3.63) is 63.2 Å². The van der Waals surface area contributed by atoms with Crippen molar-refractivity contribution in [2.24, 2.45) is 0 Å². The minimum Gasteiger partial charge on any atom is -0.360 e. The lowest BCUT2D eigenvalue weighted by Crippen LogP contribution is -2.32. The first-order valence-electron chi connectivity index (χ1n) is 9.25. The van der Waals surface area contributed by atoms with Gasteiger partial charge in [-0.15, -0.1) is 0 Å². The van der Waals surface area contributed by atoms with Crippen LogP contribution < -0.4 is 16.4 Å². The highest BCUT2D eigenvalue weighted by molar-refractivity contribution is 6.05. The van der Waals surface area contributed by atoms with E-state index in [0.29, 0.717) is 30.0 Å². The number of fused-ring (bicyclic) bond motifs is 2. The molecule has 0 aliphatic heterocycles. The van der Waals surface area contributed by atoms with Crippen LogP contribution in [0.5, 0.6) is 0 Å². The average Bonchev–Trinajstić information content (AvgIpc) is 3.09. The highest BCUT2D eigenvalue weighted by Gasteiger charge is 2.18. The van der Waals surface area contributed by atoms with E-state index in [1.807, 2.05) is 19.9 Å². The van der Waals surface area contributed by atoms with Gasteiger partial charge in [0.1, 0.15) is 22.5 Å². The molecule has 0 fully saturated rings. The van der Waals surface area contributed by atoms with Gasteiger partial charge in [-0.2, -0.15) is 0 Å². The normalized spacial score (nSPS) is 11.3. The molecule has 0 aliphatic rings. The molecule has 29 heavy (non-hydrogen) atoms. The number of nitrogens with one attached hydrogen (secondary N) is 2. The standard InChI is InChI=1S/C20H20N6O3/c1-4-7-25-16(21)13(19(27)22-15-9-12(3)29-24-15)10-14-18(25)23-17-11(2)6-5-8-26(17)20(14)28/h5-6,8-10,21H,4,7H2,1-3H3,(H,22,24,27). The average molecular weight is 392 g/mol. The predicted molar refractivity (Wildman–Crippen MR) is 107 cm³/mol. The van der Waals surface area contributed by atoms with E-state index in [1.54, 1.807) is 29.8 Å². The van der Waals surface area contributed by atoms with Crippen LogP contribution in [0.1, 0.15) is 35.0 Å². The first-order chi connectivity index (χ1) is 13.9. The Kier molecular flexibility index (Phi) is 4.50. The summed E-state index contributed by atoms with van der Waals surface area (Å²) in [5.41, 5.74) is 1.55. The molecule has 4 heterocycles. The van der Waals surface area contributed by atoms with Crippen LogP contribution in [-0.2, 0) is 6.54 Å². The Morgan fingerprint density at radius 3 is 2.76 bits per heavy atom. The number of pyridine rings is 2. The van der Waals surface area contributed by atoms with Gasteiger partial charge in [-0.05, 0) is 38.0 Å². The van der Waals surface area contributed by atoms with Gasteiger partial charge in [0.05, 0.1) is 10.9 Å². The summed E-state index contributed by atoms with van der Waals surface area (Å²) in [5, 5.41) is 15.2. The molecule has 9 heteroatoms. The fourth-order valence-corrected chi connectivity index (χ4v) is 3.32. The quantitative estimate of drug-likeness (QED) is 0.517. The Balaban J connectivity index is 1.99. The molecule has 0 aliphatic carbocycles. The van der Waals surface area contributed by atoms with Gasteiger partial charge in [0, 0.05) is 18.8 Å². The summed E-state index contributed by atoms with van der Waals surface area (Å²) < 4.78 is 8.02. The van der Waals surface area contributed by atoms with Crippen molar-refractivity contribution in [2.45, 2.75) is 33.7 Å². The first kappa shape index (κ1) is 18.6. The summed E-state index contributed by atoms with van der Waals surface area (Å²) >= 11 is 0. The largest absolute Gasteiger partial charge is 0.360 e. The van der Waals surface area contributed by atoms with E-state index in [-0.39, 0.29) is 27.8 Å². The van der Waals surface area contributed by atoms with Crippen molar-refractivity contribution in [3.8, 4) is 0 Å². The molecule has 0 spiro atoms. The van der Waals surface area contributed by atoms with Crippen LogP contribution in [0.4, 0.5) is 5.82 Å². The monoisotopic (exact) mass is 392 g/mol. The molecule has 9 nitrogen and oxygen atoms in total. The van der Waals surface area contributed by atoms with E-state index in [2.05, 4.69) is 15.5 Å². The molecule has 0 atom stereocenters. The maximum atomic E-state index is 13.1. The molecular formula is C20H20N6O3. The van der Waals surface area contributed by atoms with Gasteiger partial charge in [0.15, 0.2) is 5.82 Å². The van der Waals surface area contributed by atoms with Gasteiger partial charge in [0.25, 0.3) is 11.5 Å². The maximum absolute atomic E-state index is 13.1. The summed E-state index contributed by atoms with van der Waals surface area (Å²) in [6.07, 6.45) is 2.36. The van der Waals surface area contributed by atoms with Gasteiger partial charge in [-0.25, -0.2) is 4.98 Å². The Morgan fingerprint density at radius 2 is 2.07 bits per heavy atom.